The molecule has 20 heavy (non-hydrogen) atoms. The number of aryl methyl sites for hydroxylation is 1. The Labute approximate surface area is 128 Å². The summed E-state index contributed by atoms with van der Waals surface area (Å²) in [7, 11) is 0. The molecule has 1 N–H and O–H groups in total. The summed E-state index contributed by atoms with van der Waals surface area (Å²) in [5.41, 5.74) is 2.42. The molecule has 0 saturated carbocycles. The topological polar surface area (TPSA) is 24.5 Å². The monoisotopic (exact) mass is 294 g/mol. The third-order valence-electron chi connectivity index (χ3n) is 3.56. The van der Waals surface area contributed by atoms with E-state index in [0.29, 0.717) is 6.61 Å². The molecule has 0 aliphatic rings. The maximum absolute atomic E-state index is 5.77. The Morgan fingerprint density at radius 2 is 1.95 bits per heavy atom. The number of hydrogen-bond donors (Lipinski definition) is 1. The smallest absolute Gasteiger partial charge is 0.138 e. The van der Waals surface area contributed by atoms with Crippen molar-refractivity contribution in [3.8, 4) is 5.75 Å². The summed E-state index contributed by atoms with van der Waals surface area (Å²) < 4.78 is 5.77. The van der Waals surface area contributed by atoms with Crippen molar-refractivity contribution in [1.82, 2.24) is 10.2 Å². The van der Waals surface area contributed by atoms with Crippen molar-refractivity contribution in [3.63, 3.8) is 0 Å². The van der Waals surface area contributed by atoms with E-state index >= 15 is 0 Å². The van der Waals surface area contributed by atoms with Gasteiger partial charge in [0.25, 0.3) is 0 Å². The molecule has 0 unspecified atom stereocenters. The molecule has 0 spiro atoms. The van der Waals surface area contributed by atoms with Gasteiger partial charge in [0.05, 0.1) is 0 Å². The maximum Gasteiger partial charge on any atom is 0.138 e. The number of thiocarbonyl (C=S) groups is 1. The fourth-order valence-corrected chi connectivity index (χ4v) is 2.13. The average molecular weight is 294 g/mol. The standard InChI is InChI=1S/C16H26N2OS/c1-5-18(6-2)11-10-17-16(20)12-19-15-9-7-8-13(3)14(15)4/h7-9H,5-6,10-12H2,1-4H3,(H,17,20). The molecule has 1 aromatic rings. The van der Waals surface area contributed by atoms with Crippen LogP contribution < -0.4 is 10.1 Å². The normalized spacial score (nSPS) is 10.7. The molecule has 0 bridgehead atoms. The van der Waals surface area contributed by atoms with Crippen LogP contribution in [0.1, 0.15) is 25.0 Å². The number of nitrogens with one attached hydrogen (secondary N) is 1. The second-order valence-corrected chi connectivity index (χ2v) is 5.36. The van der Waals surface area contributed by atoms with Gasteiger partial charge in [0, 0.05) is 13.1 Å². The van der Waals surface area contributed by atoms with Gasteiger partial charge in [0.15, 0.2) is 0 Å². The van der Waals surface area contributed by atoms with Gasteiger partial charge in [-0.25, -0.2) is 0 Å². The highest BCUT2D eigenvalue weighted by Crippen LogP contribution is 2.20. The minimum absolute atomic E-state index is 0.442. The predicted molar refractivity (Wildman–Crippen MR) is 89.8 cm³/mol. The van der Waals surface area contributed by atoms with Gasteiger partial charge in [-0.2, -0.15) is 0 Å². The molecule has 1 rings (SSSR count). The Bertz CT molecular complexity index is 430. The van der Waals surface area contributed by atoms with Crippen LogP contribution in [0.3, 0.4) is 0 Å². The van der Waals surface area contributed by atoms with Gasteiger partial charge < -0.3 is 15.0 Å². The minimum Gasteiger partial charge on any atom is -0.486 e. The van der Waals surface area contributed by atoms with E-state index in [1.807, 2.05) is 12.1 Å². The number of hydrogen-bond acceptors (Lipinski definition) is 3. The zero-order valence-electron chi connectivity index (χ0n) is 13.0. The summed E-state index contributed by atoms with van der Waals surface area (Å²) in [6, 6.07) is 6.08. The van der Waals surface area contributed by atoms with E-state index in [0.717, 1.165) is 36.9 Å². The molecule has 4 heteroatoms. The molecule has 0 atom stereocenters. The van der Waals surface area contributed by atoms with Gasteiger partial charge in [0.1, 0.15) is 17.3 Å². The number of benzene rings is 1. The first-order chi connectivity index (χ1) is 9.58. The molecule has 0 amide bonds. The SMILES string of the molecule is CCN(CC)CCNC(=S)COc1cccc(C)c1C. The fraction of sp³-hybridized carbons (Fsp3) is 0.562. The molecule has 0 radical (unpaired) electrons. The van der Waals surface area contributed by atoms with E-state index in [2.05, 4.69) is 44.0 Å². The van der Waals surface area contributed by atoms with Crippen LogP contribution in [0, 0.1) is 13.8 Å². The predicted octanol–water partition coefficient (Wildman–Crippen LogP) is 2.94. The first kappa shape index (κ1) is 16.9. The summed E-state index contributed by atoms with van der Waals surface area (Å²) in [5, 5.41) is 3.25. The first-order valence-corrected chi connectivity index (χ1v) is 7.67. The van der Waals surface area contributed by atoms with Crippen LogP contribution in [0.2, 0.25) is 0 Å². The highest BCUT2D eigenvalue weighted by molar-refractivity contribution is 7.80. The molecule has 3 nitrogen and oxygen atoms in total. The number of rotatable bonds is 8. The fourth-order valence-electron chi connectivity index (χ4n) is 1.97. The molecule has 0 aliphatic carbocycles. The molecular formula is C16H26N2OS. The van der Waals surface area contributed by atoms with Crippen molar-refractivity contribution in [3.05, 3.63) is 29.3 Å². The largest absolute Gasteiger partial charge is 0.486 e. The third-order valence-corrected chi connectivity index (χ3v) is 3.82. The molecule has 1 aromatic carbocycles. The van der Waals surface area contributed by atoms with Crippen molar-refractivity contribution in [2.24, 2.45) is 0 Å². The number of nitrogens with zero attached hydrogens (tertiary/aromatic N) is 1. The average Bonchev–Trinajstić information content (AvgIpc) is 2.45. The Kier molecular flexibility index (Phi) is 7.55. The molecular weight excluding hydrogens is 268 g/mol. The van der Waals surface area contributed by atoms with Crippen LogP contribution in [0.4, 0.5) is 0 Å². The summed E-state index contributed by atoms with van der Waals surface area (Å²) in [5.74, 6) is 0.915. The van der Waals surface area contributed by atoms with Gasteiger partial charge >= 0.3 is 0 Å². The lowest BCUT2D eigenvalue weighted by Gasteiger charge is -2.19. The van der Waals surface area contributed by atoms with E-state index < -0.39 is 0 Å². The molecule has 0 heterocycles. The van der Waals surface area contributed by atoms with Crippen LogP contribution in [0.5, 0.6) is 5.75 Å². The Morgan fingerprint density at radius 1 is 1.25 bits per heavy atom. The Hall–Kier alpha value is -1.13. The molecule has 0 fully saturated rings. The quantitative estimate of drug-likeness (QED) is 0.745. The Balaban J connectivity index is 2.31. The van der Waals surface area contributed by atoms with Gasteiger partial charge in [-0.05, 0) is 44.1 Å². The summed E-state index contributed by atoms with van der Waals surface area (Å²) >= 11 is 5.30. The van der Waals surface area contributed by atoms with Gasteiger partial charge in [0.2, 0.25) is 0 Å². The third kappa shape index (κ3) is 5.47. The van der Waals surface area contributed by atoms with Crippen LogP contribution in [0.15, 0.2) is 18.2 Å². The van der Waals surface area contributed by atoms with Crippen molar-refractivity contribution >= 4 is 17.2 Å². The van der Waals surface area contributed by atoms with Gasteiger partial charge in [-0.3, -0.25) is 0 Å². The molecule has 112 valence electrons. The zero-order chi connectivity index (χ0) is 15.0. The van der Waals surface area contributed by atoms with Crippen LogP contribution >= 0.6 is 12.2 Å². The van der Waals surface area contributed by atoms with E-state index in [1.165, 1.54) is 11.1 Å². The lowest BCUT2D eigenvalue weighted by molar-refractivity contribution is 0.307. The second-order valence-electron chi connectivity index (χ2n) is 4.86. The van der Waals surface area contributed by atoms with Crippen LogP contribution in [-0.2, 0) is 0 Å². The van der Waals surface area contributed by atoms with Crippen molar-refractivity contribution in [2.75, 3.05) is 32.8 Å². The highest BCUT2D eigenvalue weighted by atomic mass is 32.1. The number of ether oxygens (including phenoxy) is 1. The van der Waals surface area contributed by atoms with Crippen molar-refractivity contribution < 1.29 is 4.74 Å². The minimum atomic E-state index is 0.442. The molecule has 0 saturated heterocycles. The molecule has 0 aromatic heterocycles. The zero-order valence-corrected chi connectivity index (χ0v) is 13.8. The highest BCUT2D eigenvalue weighted by Gasteiger charge is 2.04. The number of likely N-dealkylation sites (N-methyl/N-ethyl adjacent to an activating group) is 1. The maximum atomic E-state index is 5.77. The van der Waals surface area contributed by atoms with E-state index in [4.69, 9.17) is 17.0 Å². The summed E-state index contributed by atoms with van der Waals surface area (Å²) in [6.07, 6.45) is 0. The summed E-state index contributed by atoms with van der Waals surface area (Å²) in [6.45, 7) is 13.0. The van der Waals surface area contributed by atoms with Gasteiger partial charge in [-0.1, -0.05) is 38.2 Å². The first-order valence-electron chi connectivity index (χ1n) is 7.26. The van der Waals surface area contributed by atoms with Crippen molar-refractivity contribution in [1.29, 1.82) is 0 Å². The van der Waals surface area contributed by atoms with E-state index in [9.17, 15) is 0 Å². The van der Waals surface area contributed by atoms with Crippen molar-refractivity contribution in [2.45, 2.75) is 27.7 Å². The summed E-state index contributed by atoms with van der Waals surface area (Å²) in [4.78, 5) is 3.12. The second kappa shape index (κ2) is 8.93. The van der Waals surface area contributed by atoms with E-state index in [1.54, 1.807) is 0 Å². The lowest BCUT2D eigenvalue weighted by Crippen LogP contribution is -2.36. The Morgan fingerprint density at radius 3 is 2.60 bits per heavy atom. The lowest BCUT2D eigenvalue weighted by atomic mass is 10.1. The van der Waals surface area contributed by atoms with Crippen LogP contribution in [0.25, 0.3) is 0 Å². The van der Waals surface area contributed by atoms with Crippen LogP contribution in [-0.4, -0.2) is 42.7 Å². The van der Waals surface area contributed by atoms with Gasteiger partial charge in [-0.15, -0.1) is 0 Å². The molecule has 0 aliphatic heterocycles. The van der Waals surface area contributed by atoms with E-state index in [-0.39, 0.29) is 0 Å².